The first-order valence-electron chi connectivity index (χ1n) is 11.4. The minimum absolute atomic E-state index is 0.0774. The van der Waals surface area contributed by atoms with Crippen LogP contribution in [0.15, 0.2) is 24.3 Å². The number of carbonyl (C=O) groups excluding carboxylic acids is 3. The number of aliphatic hydroxyl groups excluding tert-OH is 1. The molecule has 2 saturated heterocycles. The monoisotopic (exact) mass is 458 g/mol. The topological polar surface area (TPSA) is 117 Å². The fraction of sp³-hybridized carbons (Fsp3) is 0.625. The fourth-order valence-electron chi connectivity index (χ4n) is 7.93. The summed E-state index contributed by atoms with van der Waals surface area (Å²) in [4.78, 5) is 42.9. The quantitative estimate of drug-likeness (QED) is 0.621. The van der Waals surface area contributed by atoms with E-state index in [0.29, 0.717) is 12.8 Å². The van der Waals surface area contributed by atoms with Crippen LogP contribution in [0.25, 0.3) is 0 Å². The molecule has 3 heterocycles. The molecule has 1 spiro atoms. The van der Waals surface area contributed by atoms with Crippen LogP contribution >= 0.6 is 0 Å². The standard InChI is InChI=1S/C24H30N2O7/c1-5-22-10-14(12-27)26-17(29)11-23(18(22)26)15-8-6-7-9-16(15)25(3)19(23)24(31,21(30)32-4)20(22)33-13(2)28/h6-9,14,18-20,27,31H,5,10-12H2,1-4H3/t14-,18+,19-,20-,22-,23-,24+/m0/s1. The van der Waals surface area contributed by atoms with E-state index in [1.165, 1.54) is 14.0 Å². The number of ether oxygens (including phenoxy) is 2. The molecule has 4 aliphatic rings. The predicted octanol–water partition coefficient (Wildman–Crippen LogP) is 0.354. The summed E-state index contributed by atoms with van der Waals surface area (Å²) in [6.07, 6.45) is -0.456. The van der Waals surface area contributed by atoms with E-state index in [-0.39, 0.29) is 18.9 Å². The van der Waals surface area contributed by atoms with Gasteiger partial charge >= 0.3 is 11.9 Å². The Kier molecular flexibility index (Phi) is 4.65. The van der Waals surface area contributed by atoms with Crippen molar-refractivity contribution < 1.29 is 34.1 Å². The second-order valence-corrected chi connectivity index (χ2v) is 9.88. The zero-order valence-electron chi connectivity index (χ0n) is 19.3. The van der Waals surface area contributed by atoms with Crippen LogP contribution in [-0.4, -0.2) is 83.6 Å². The first-order valence-corrected chi connectivity index (χ1v) is 11.4. The Bertz CT molecular complexity index is 1050. The maximum Gasteiger partial charge on any atom is 0.344 e. The van der Waals surface area contributed by atoms with Crippen molar-refractivity contribution in [2.45, 2.75) is 68.4 Å². The summed E-state index contributed by atoms with van der Waals surface area (Å²) < 4.78 is 10.9. The van der Waals surface area contributed by atoms with Crippen molar-refractivity contribution in [1.82, 2.24) is 4.90 Å². The highest BCUT2D eigenvalue weighted by Gasteiger charge is 2.84. The smallest absolute Gasteiger partial charge is 0.344 e. The van der Waals surface area contributed by atoms with Gasteiger partial charge in [-0.15, -0.1) is 0 Å². The number of amides is 1. The van der Waals surface area contributed by atoms with E-state index in [1.54, 1.807) is 11.9 Å². The fourth-order valence-corrected chi connectivity index (χ4v) is 7.93. The van der Waals surface area contributed by atoms with E-state index < -0.39 is 52.6 Å². The van der Waals surface area contributed by atoms with Gasteiger partial charge in [0, 0.05) is 31.5 Å². The summed E-state index contributed by atoms with van der Waals surface area (Å²) in [5.74, 6) is -1.67. The van der Waals surface area contributed by atoms with Crippen LogP contribution in [0.2, 0.25) is 0 Å². The number of methoxy groups -OCH3 is 1. The van der Waals surface area contributed by atoms with E-state index >= 15 is 0 Å². The molecule has 9 nitrogen and oxygen atoms in total. The van der Waals surface area contributed by atoms with Gasteiger partial charge in [-0.05, 0) is 24.5 Å². The summed E-state index contributed by atoms with van der Waals surface area (Å²) in [5.41, 5.74) is -2.45. The Balaban J connectivity index is 1.89. The highest BCUT2D eigenvalue weighted by atomic mass is 16.6. The lowest BCUT2D eigenvalue weighted by molar-refractivity contribution is -0.229. The van der Waals surface area contributed by atoms with Gasteiger partial charge in [-0.2, -0.15) is 0 Å². The number of carbonyl (C=O) groups is 3. The van der Waals surface area contributed by atoms with Gasteiger partial charge in [-0.1, -0.05) is 25.1 Å². The number of esters is 2. The molecule has 0 bridgehead atoms. The summed E-state index contributed by atoms with van der Waals surface area (Å²) in [7, 11) is 2.98. The number of likely N-dealkylation sites (N-methyl/N-ethyl adjacent to an activating group) is 1. The molecule has 1 aromatic carbocycles. The number of hydrogen-bond donors (Lipinski definition) is 2. The molecule has 0 aromatic heterocycles. The highest BCUT2D eigenvalue weighted by Crippen LogP contribution is 2.70. The van der Waals surface area contributed by atoms with Crippen molar-refractivity contribution in [2.24, 2.45) is 5.41 Å². The van der Waals surface area contributed by atoms with Crippen molar-refractivity contribution in [3.8, 4) is 0 Å². The molecule has 1 amide bonds. The summed E-state index contributed by atoms with van der Waals surface area (Å²) in [6, 6.07) is 5.73. The molecular formula is C24H30N2O7. The lowest BCUT2D eigenvalue weighted by Gasteiger charge is -2.60. The summed E-state index contributed by atoms with van der Waals surface area (Å²) >= 11 is 0. The minimum Gasteiger partial charge on any atom is -0.467 e. The third-order valence-electron chi connectivity index (χ3n) is 8.72. The van der Waals surface area contributed by atoms with Gasteiger partial charge in [0.2, 0.25) is 11.5 Å². The number of nitrogens with zero attached hydrogens (tertiary/aromatic N) is 2. The average Bonchev–Trinajstić information content (AvgIpc) is 3.40. The predicted molar refractivity (Wildman–Crippen MR) is 116 cm³/mol. The SMILES string of the molecule is CC[C@@]12C[C@@H](CO)N3C(=O)C[C@]4(c5ccccc5N(C)[C@@H]4[C@](O)(C(=O)OC)[C@H]1OC(C)=O)[C@H]32. The highest BCUT2D eigenvalue weighted by molar-refractivity contribution is 5.91. The number of anilines is 1. The molecule has 9 heteroatoms. The van der Waals surface area contributed by atoms with Crippen molar-refractivity contribution >= 4 is 23.5 Å². The Hall–Kier alpha value is -2.65. The van der Waals surface area contributed by atoms with Crippen molar-refractivity contribution in [3.63, 3.8) is 0 Å². The van der Waals surface area contributed by atoms with Gasteiger partial charge < -0.3 is 29.5 Å². The van der Waals surface area contributed by atoms with Gasteiger partial charge in [0.15, 0.2) is 6.10 Å². The molecule has 5 rings (SSSR count). The molecule has 2 N–H and O–H groups in total. The number of hydrogen-bond acceptors (Lipinski definition) is 8. The Labute approximate surface area is 192 Å². The van der Waals surface area contributed by atoms with Crippen LogP contribution in [0.1, 0.15) is 38.7 Å². The lowest BCUT2D eigenvalue weighted by atomic mass is 9.48. The molecule has 0 radical (unpaired) electrons. The Morgan fingerprint density at radius 2 is 1.94 bits per heavy atom. The van der Waals surface area contributed by atoms with E-state index in [2.05, 4.69) is 0 Å². The van der Waals surface area contributed by atoms with Crippen molar-refractivity contribution in [1.29, 1.82) is 0 Å². The number of rotatable bonds is 4. The molecule has 3 aliphatic heterocycles. The zero-order valence-corrected chi connectivity index (χ0v) is 19.3. The number of aliphatic hydroxyl groups is 2. The third kappa shape index (κ3) is 2.32. The molecule has 1 aromatic rings. The Morgan fingerprint density at radius 3 is 2.55 bits per heavy atom. The van der Waals surface area contributed by atoms with E-state index in [1.807, 2.05) is 36.1 Å². The van der Waals surface area contributed by atoms with Gasteiger partial charge in [0.25, 0.3) is 0 Å². The van der Waals surface area contributed by atoms with Crippen LogP contribution in [0, 0.1) is 5.41 Å². The molecule has 3 fully saturated rings. The van der Waals surface area contributed by atoms with E-state index in [4.69, 9.17) is 9.47 Å². The van der Waals surface area contributed by atoms with E-state index in [0.717, 1.165) is 11.3 Å². The summed E-state index contributed by atoms with van der Waals surface area (Å²) in [5, 5.41) is 22.6. The maximum atomic E-state index is 13.5. The molecular weight excluding hydrogens is 428 g/mol. The summed E-state index contributed by atoms with van der Waals surface area (Å²) in [6.45, 7) is 2.89. The number of benzene rings is 1. The molecule has 178 valence electrons. The second kappa shape index (κ2) is 6.93. The van der Waals surface area contributed by atoms with Gasteiger partial charge in [0.1, 0.15) is 0 Å². The molecule has 1 aliphatic carbocycles. The average molecular weight is 459 g/mol. The molecule has 1 saturated carbocycles. The van der Waals surface area contributed by atoms with Crippen LogP contribution in [0.3, 0.4) is 0 Å². The third-order valence-corrected chi connectivity index (χ3v) is 8.72. The largest absolute Gasteiger partial charge is 0.467 e. The Morgan fingerprint density at radius 1 is 1.24 bits per heavy atom. The molecule has 33 heavy (non-hydrogen) atoms. The first-order chi connectivity index (χ1) is 15.6. The zero-order chi connectivity index (χ0) is 23.9. The van der Waals surface area contributed by atoms with Crippen LogP contribution in [0.4, 0.5) is 5.69 Å². The van der Waals surface area contributed by atoms with Gasteiger partial charge in [-0.3, -0.25) is 9.59 Å². The number of para-hydroxylation sites is 1. The molecule has 0 unspecified atom stereocenters. The molecule has 7 atom stereocenters. The van der Waals surface area contributed by atoms with Crippen LogP contribution in [-0.2, 0) is 29.3 Å². The maximum absolute atomic E-state index is 13.5. The van der Waals surface area contributed by atoms with Gasteiger partial charge in [-0.25, -0.2) is 4.79 Å². The number of fused-ring (bicyclic) bond motifs is 1. The first kappa shape index (κ1) is 22.2. The minimum atomic E-state index is -2.23. The second-order valence-electron chi connectivity index (χ2n) is 9.88. The normalized spacial score (nSPS) is 40.4. The van der Waals surface area contributed by atoms with Crippen LogP contribution in [0.5, 0.6) is 0 Å². The van der Waals surface area contributed by atoms with Crippen molar-refractivity contribution in [2.75, 3.05) is 25.7 Å². The van der Waals surface area contributed by atoms with Gasteiger partial charge in [0.05, 0.1) is 37.3 Å². The van der Waals surface area contributed by atoms with Crippen molar-refractivity contribution in [3.05, 3.63) is 29.8 Å². The van der Waals surface area contributed by atoms with Crippen LogP contribution < -0.4 is 4.90 Å². The lowest BCUT2D eigenvalue weighted by Crippen LogP contribution is -2.79. The van der Waals surface area contributed by atoms with E-state index in [9.17, 15) is 24.6 Å².